The third kappa shape index (κ3) is 4.27. The Labute approximate surface area is 174 Å². The monoisotopic (exact) mass is 408 g/mol. The molecule has 156 valence electrons. The van der Waals surface area contributed by atoms with E-state index >= 15 is 0 Å². The summed E-state index contributed by atoms with van der Waals surface area (Å²) in [4.78, 5) is 27.3. The maximum Gasteiger partial charge on any atom is 0.279 e. The van der Waals surface area contributed by atoms with Crippen LogP contribution in [0.3, 0.4) is 0 Å². The first kappa shape index (κ1) is 20.9. The summed E-state index contributed by atoms with van der Waals surface area (Å²) in [5.74, 6) is -0.716. The molecule has 1 amide bonds. The molecular formula is C22H24N4O4. The Bertz CT molecular complexity index is 1090. The van der Waals surface area contributed by atoms with Crippen LogP contribution in [0.5, 0.6) is 11.5 Å². The second-order valence-corrected chi connectivity index (χ2v) is 6.47. The van der Waals surface area contributed by atoms with Crippen LogP contribution in [0, 0.1) is 0 Å². The molecule has 0 radical (unpaired) electrons. The summed E-state index contributed by atoms with van der Waals surface area (Å²) in [7, 11) is 1.47. The molecule has 8 nitrogen and oxygen atoms in total. The van der Waals surface area contributed by atoms with Crippen LogP contribution in [-0.4, -0.2) is 41.0 Å². The molecule has 0 aliphatic rings. The minimum absolute atomic E-state index is 0.270. The molecule has 0 spiro atoms. The van der Waals surface area contributed by atoms with Gasteiger partial charge in [0.1, 0.15) is 11.4 Å². The average molecular weight is 408 g/mol. The number of rotatable bonds is 7. The number of amides is 1. The first-order chi connectivity index (χ1) is 14.5. The average Bonchev–Trinajstić information content (AvgIpc) is 2.76. The number of benzene rings is 2. The maximum absolute atomic E-state index is 12.7. The number of hydrogen-bond donors (Lipinski definition) is 2. The minimum atomic E-state index is -0.633. The summed E-state index contributed by atoms with van der Waals surface area (Å²) < 4.78 is 6.29. The smallest absolute Gasteiger partial charge is 0.279 e. The van der Waals surface area contributed by atoms with E-state index < -0.39 is 17.2 Å². The van der Waals surface area contributed by atoms with Crippen molar-refractivity contribution < 1.29 is 14.6 Å². The fourth-order valence-electron chi connectivity index (χ4n) is 3.12. The zero-order valence-electron chi connectivity index (χ0n) is 17.1. The van der Waals surface area contributed by atoms with Crippen LogP contribution in [0.4, 0.5) is 11.4 Å². The Balaban J connectivity index is 1.90. The van der Waals surface area contributed by atoms with Crippen LogP contribution < -0.4 is 20.5 Å². The lowest BCUT2D eigenvalue weighted by Gasteiger charge is -2.21. The summed E-state index contributed by atoms with van der Waals surface area (Å²) in [6.45, 7) is 5.91. The maximum atomic E-state index is 12.7. The van der Waals surface area contributed by atoms with E-state index in [1.54, 1.807) is 36.4 Å². The molecule has 1 heterocycles. The van der Waals surface area contributed by atoms with Gasteiger partial charge in [-0.15, -0.1) is 0 Å². The Hall–Kier alpha value is -3.81. The number of nitrogens with zero attached hydrogens (tertiary/aromatic N) is 3. The summed E-state index contributed by atoms with van der Waals surface area (Å²) in [6.07, 6.45) is 0. The van der Waals surface area contributed by atoms with Gasteiger partial charge in [0, 0.05) is 30.5 Å². The van der Waals surface area contributed by atoms with E-state index in [2.05, 4.69) is 29.2 Å². The van der Waals surface area contributed by atoms with Crippen molar-refractivity contribution >= 4 is 17.3 Å². The highest BCUT2D eigenvalue weighted by molar-refractivity contribution is 6.04. The molecule has 30 heavy (non-hydrogen) atoms. The largest absolute Gasteiger partial charge is 0.505 e. The van der Waals surface area contributed by atoms with Gasteiger partial charge in [-0.25, -0.2) is 0 Å². The van der Waals surface area contributed by atoms with E-state index in [0.717, 1.165) is 29.5 Å². The molecular weight excluding hydrogens is 384 g/mol. The molecule has 0 unspecified atom stereocenters. The van der Waals surface area contributed by atoms with Crippen molar-refractivity contribution in [2.45, 2.75) is 13.8 Å². The molecule has 3 rings (SSSR count). The quantitative estimate of drug-likeness (QED) is 0.624. The molecule has 8 heteroatoms. The van der Waals surface area contributed by atoms with E-state index in [1.807, 2.05) is 12.1 Å². The Morgan fingerprint density at radius 2 is 1.80 bits per heavy atom. The van der Waals surface area contributed by atoms with Gasteiger partial charge in [-0.1, -0.05) is 12.1 Å². The number of nitrogens with one attached hydrogen (secondary N) is 1. The molecule has 0 saturated carbocycles. The molecule has 0 aliphatic heterocycles. The van der Waals surface area contributed by atoms with Crippen LogP contribution >= 0.6 is 0 Å². The SMILES string of the molecule is CCN(CC)c1ccc(NC(=O)c2nn(-c3ccccc3OC)c(=O)cc2O)cc1. The van der Waals surface area contributed by atoms with Crippen LogP contribution in [0.2, 0.25) is 0 Å². The summed E-state index contributed by atoms with van der Waals surface area (Å²) >= 11 is 0. The number of methoxy groups -OCH3 is 1. The summed E-state index contributed by atoms with van der Waals surface area (Å²) in [5.41, 5.74) is 1.10. The van der Waals surface area contributed by atoms with E-state index in [4.69, 9.17) is 4.74 Å². The van der Waals surface area contributed by atoms with Gasteiger partial charge in [-0.05, 0) is 50.2 Å². The molecule has 1 aromatic heterocycles. The highest BCUT2D eigenvalue weighted by atomic mass is 16.5. The molecule has 0 atom stereocenters. The number of ether oxygens (including phenoxy) is 1. The Morgan fingerprint density at radius 3 is 2.43 bits per heavy atom. The zero-order chi connectivity index (χ0) is 21.7. The second kappa shape index (κ2) is 9.13. The number of para-hydroxylation sites is 2. The molecule has 3 aromatic rings. The molecule has 0 saturated heterocycles. The van der Waals surface area contributed by atoms with E-state index in [0.29, 0.717) is 17.1 Å². The standard InChI is InChI=1S/C22H24N4O4/c1-4-25(5-2)16-12-10-15(11-13-16)23-22(29)21-18(27)14-20(28)26(24-21)17-8-6-7-9-19(17)30-3/h6-14,27H,4-5H2,1-3H3,(H,23,29). The lowest BCUT2D eigenvalue weighted by Crippen LogP contribution is -2.25. The number of aromatic hydroxyl groups is 1. The van der Waals surface area contributed by atoms with Crippen LogP contribution in [0.1, 0.15) is 24.3 Å². The van der Waals surface area contributed by atoms with Crippen LogP contribution in [-0.2, 0) is 0 Å². The molecule has 0 aliphatic carbocycles. The predicted molar refractivity (Wildman–Crippen MR) is 116 cm³/mol. The first-order valence-electron chi connectivity index (χ1n) is 9.61. The molecule has 0 fully saturated rings. The third-order valence-corrected chi connectivity index (χ3v) is 4.69. The topological polar surface area (TPSA) is 96.7 Å². The number of carbonyl (C=O) groups excluding carboxylic acids is 1. The van der Waals surface area contributed by atoms with Crippen molar-refractivity contribution in [3.63, 3.8) is 0 Å². The predicted octanol–water partition coefficient (Wildman–Crippen LogP) is 3.05. The van der Waals surface area contributed by atoms with Gasteiger partial charge in [0.05, 0.1) is 7.11 Å². The number of anilines is 2. The molecule has 2 aromatic carbocycles. The van der Waals surface area contributed by atoms with Crippen molar-refractivity contribution in [1.29, 1.82) is 0 Å². The van der Waals surface area contributed by atoms with Gasteiger partial charge in [0.25, 0.3) is 11.5 Å². The summed E-state index contributed by atoms with van der Waals surface area (Å²) in [6, 6.07) is 15.1. The lowest BCUT2D eigenvalue weighted by molar-refractivity contribution is 0.101. The normalized spacial score (nSPS) is 10.5. The highest BCUT2D eigenvalue weighted by Gasteiger charge is 2.18. The van der Waals surface area contributed by atoms with E-state index in [-0.39, 0.29) is 5.69 Å². The van der Waals surface area contributed by atoms with Crippen molar-refractivity contribution in [2.24, 2.45) is 0 Å². The molecule has 0 bridgehead atoms. The minimum Gasteiger partial charge on any atom is -0.505 e. The van der Waals surface area contributed by atoms with Gasteiger partial charge in [-0.2, -0.15) is 9.78 Å². The molecule has 2 N–H and O–H groups in total. The third-order valence-electron chi connectivity index (χ3n) is 4.69. The van der Waals surface area contributed by atoms with Crippen molar-refractivity contribution in [3.8, 4) is 17.2 Å². The van der Waals surface area contributed by atoms with Crippen molar-refractivity contribution in [1.82, 2.24) is 9.78 Å². The lowest BCUT2D eigenvalue weighted by atomic mass is 10.2. The van der Waals surface area contributed by atoms with Gasteiger partial charge in [0.2, 0.25) is 0 Å². The van der Waals surface area contributed by atoms with Gasteiger partial charge >= 0.3 is 0 Å². The fourth-order valence-corrected chi connectivity index (χ4v) is 3.12. The Morgan fingerprint density at radius 1 is 1.13 bits per heavy atom. The highest BCUT2D eigenvalue weighted by Crippen LogP contribution is 2.22. The van der Waals surface area contributed by atoms with E-state index in [1.165, 1.54) is 7.11 Å². The summed E-state index contributed by atoms with van der Waals surface area (Å²) in [5, 5.41) is 16.9. The van der Waals surface area contributed by atoms with Crippen LogP contribution in [0.15, 0.2) is 59.4 Å². The van der Waals surface area contributed by atoms with Crippen molar-refractivity contribution in [3.05, 3.63) is 70.6 Å². The van der Waals surface area contributed by atoms with Crippen LogP contribution in [0.25, 0.3) is 5.69 Å². The first-order valence-corrected chi connectivity index (χ1v) is 9.61. The van der Waals surface area contributed by atoms with E-state index in [9.17, 15) is 14.7 Å². The number of aromatic nitrogens is 2. The number of carbonyl (C=O) groups is 1. The Kier molecular flexibility index (Phi) is 6.36. The van der Waals surface area contributed by atoms with Gasteiger partial charge < -0.3 is 20.1 Å². The number of hydrogen-bond acceptors (Lipinski definition) is 6. The van der Waals surface area contributed by atoms with Gasteiger partial charge in [0.15, 0.2) is 11.4 Å². The zero-order valence-corrected chi connectivity index (χ0v) is 17.1. The van der Waals surface area contributed by atoms with Gasteiger partial charge in [-0.3, -0.25) is 9.59 Å². The fraction of sp³-hybridized carbons (Fsp3) is 0.227. The van der Waals surface area contributed by atoms with Crippen molar-refractivity contribution in [2.75, 3.05) is 30.4 Å². The second-order valence-electron chi connectivity index (χ2n) is 6.47.